The van der Waals surface area contributed by atoms with Gasteiger partial charge in [0.15, 0.2) is 0 Å². The van der Waals surface area contributed by atoms with Crippen molar-refractivity contribution in [3.05, 3.63) is 0 Å². The SMILES string of the molecule is N.N.N.N.[F-].[F-].[Zn+2]. The van der Waals surface area contributed by atoms with E-state index in [1.807, 2.05) is 0 Å². The van der Waals surface area contributed by atoms with Crippen molar-refractivity contribution in [2.75, 3.05) is 0 Å². The van der Waals surface area contributed by atoms with Crippen LogP contribution in [-0.4, -0.2) is 0 Å². The topological polar surface area (TPSA) is 140 Å². The number of halogens is 2. The third-order valence-electron chi connectivity index (χ3n) is 0. The summed E-state index contributed by atoms with van der Waals surface area (Å²) in [7, 11) is 0. The van der Waals surface area contributed by atoms with Crippen LogP contribution >= 0.6 is 0 Å². The van der Waals surface area contributed by atoms with E-state index in [1.54, 1.807) is 0 Å². The van der Waals surface area contributed by atoms with Crippen molar-refractivity contribution >= 4 is 0 Å². The fourth-order valence-corrected chi connectivity index (χ4v) is 0. The molecular formula is H12F2N4Zn. The molecule has 0 aromatic heterocycles. The van der Waals surface area contributed by atoms with Gasteiger partial charge in [-0.25, -0.2) is 0 Å². The number of rotatable bonds is 0. The third kappa shape index (κ3) is 1130. The average Bonchev–Trinajstić information content (AvgIpc) is 0. The van der Waals surface area contributed by atoms with Gasteiger partial charge in [0.1, 0.15) is 0 Å². The van der Waals surface area contributed by atoms with E-state index in [9.17, 15) is 0 Å². The monoisotopic (exact) mass is 170 g/mol. The predicted octanol–water partition coefficient (Wildman–Crippen LogP) is -5.35. The molecule has 7 heavy (non-hydrogen) atoms. The van der Waals surface area contributed by atoms with Crippen LogP contribution in [0.3, 0.4) is 0 Å². The van der Waals surface area contributed by atoms with Crippen molar-refractivity contribution in [3.63, 3.8) is 0 Å². The maximum absolute atomic E-state index is 0. The molecular weight excluding hydrogens is 159 g/mol. The van der Waals surface area contributed by atoms with E-state index < -0.39 is 0 Å². The van der Waals surface area contributed by atoms with E-state index >= 15 is 0 Å². The molecule has 0 rings (SSSR count). The van der Waals surface area contributed by atoms with Crippen molar-refractivity contribution < 1.29 is 28.9 Å². The zero-order valence-electron chi connectivity index (χ0n) is 4.29. The van der Waals surface area contributed by atoms with E-state index in [2.05, 4.69) is 0 Å². The van der Waals surface area contributed by atoms with Gasteiger partial charge in [0.25, 0.3) is 0 Å². The summed E-state index contributed by atoms with van der Waals surface area (Å²) in [5, 5.41) is 0. The molecule has 0 bridgehead atoms. The molecule has 12 N–H and O–H groups in total. The minimum Gasteiger partial charge on any atom is -1.00 e. The predicted molar refractivity (Wildman–Crippen MR) is 20.1 cm³/mol. The summed E-state index contributed by atoms with van der Waals surface area (Å²) in [4.78, 5) is 0. The second kappa shape index (κ2) is 1710. The van der Waals surface area contributed by atoms with Gasteiger partial charge in [0.2, 0.25) is 0 Å². The summed E-state index contributed by atoms with van der Waals surface area (Å²) in [6, 6.07) is 0. The Bertz CT molecular complexity index is 9.65. The third-order valence-corrected chi connectivity index (χ3v) is 0. The Balaban J connectivity index is 0. The molecule has 0 atom stereocenters. The van der Waals surface area contributed by atoms with Gasteiger partial charge in [-0.2, -0.15) is 0 Å². The molecule has 0 radical (unpaired) electrons. The van der Waals surface area contributed by atoms with Crippen molar-refractivity contribution in [2.45, 2.75) is 0 Å². The Morgan fingerprint density at radius 1 is 0.429 bits per heavy atom. The Labute approximate surface area is 54.3 Å². The van der Waals surface area contributed by atoms with E-state index in [-0.39, 0.29) is 53.5 Å². The quantitative estimate of drug-likeness (QED) is 0.270. The molecule has 0 unspecified atom stereocenters. The summed E-state index contributed by atoms with van der Waals surface area (Å²) < 4.78 is 0. The Kier molecular flexibility index (Phi) is 685000. The first-order valence-electron chi connectivity index (χ1n) is 0. The molecule has 0 saturated heterocycles. The molecule has 0 amide bonds. The summed E-state index contributed by atoms with van der Waals surface area (Å²) in [5.41, 5.74) is 0. The van der Waals surface area contributed by atoms with Crippen LogP contribution in [0.15, 0.2) is 0 Å². The average molecular weight is 172 g/mol. The molecule has 48 valence electrons. The molecule has 0 saturated carbocycles. The van der Waals surface area contributed by atoms with E-state index in [0.717, 1.165) is 0 Å². The van der Waals surface area contributed by atoms with E-state index in [1.165, 1.54) is 0 Å². The second-order valence-electron chi connectivity index (χ2n) is 0. The summed E-state index contributed by atoms with van der Waals surface area (Å²) in [6.45, 7) is 0. The first-order chi connectivity index (χ1) is 0. The molecule has 0 spiro atoms. The molecule has 0 aliphatic heterocycles. The van der Waals surface area contributed by atoms with Gasteiger partial charge in [-0.15, -0.1) is 0 Å². The van der Waals surface area contributed by atoms with E-state index in [4.69, 9.17) is 0 Å². The molecule has 0 aromatic carbocycles. The molecule has 0 heterocycles. The van der Waals surface area contributed by atoms with Crippen LogP contribution in [-0.2, 0) is 19.5 Å². The smallest absolute Gasteiger partial charge is 1.00 e. The van der Waals surface area contributed by atoms with Crippen LogP contribution in [0.4, 0.5) is 0 Å². The summed E-state index contributed by atoms with van der Waals surface area (Å²) in [6.07, 6.45) is 0. The van der Waals surface area contributed by atoms with Crippen LogP contribution in [0.25, 0.3) is 0 Å². The minimum absolute atomic E-state index is 0. The van der Waals surface area contributed by atoms with Crippen molar-refractivity contribution in [2.24, 2.45) is 0 Å². The first-order valence-corrected chi connectivity index (χ1v) is 0. The summed E-state index contributed by atoms with van der Waals surface area (Å²) in [5.74, 6) is 0. The Morgan fingerprint density at radius 2 is 0.429 bits per heavy atom. The van der Waals surface area contributed by atoms with Crippen molar-refractivity contribution in [1.29, 1.82) is 0 Å². The molecule has 0 aliphatic carbocycles. The number of hydrogen-bond acceptors (Lipinski definition) is 4. The van der Waals surface area contributed by atoms with Crippen molar-refractivity contribution in [1.82, 2.24) is 24.6 Å². The molecule has 7 heteroatoms. The molecule has 0 fully saturated rings. The van der Waals surface area contributed by atoms with Gasteiger partial charge >= 0.3 is 19.5 Å². The Hall–Kier alpha value is 0.323. The second-order valence-corrected chi connectivity index (χ2v) is 0. The summed E-state index contributed by atoms with van der Waals surface area (Å²) >= 11 is 0. The van der Waals surface area contributed by atoms with Gasteiger partial charge in [-0.3, -0.25) is 0 Å². The molecule has 0 aliphatic rings. The van der Waals surface area contributed by atoms with Crippen LogP contribution in [0.5, 0.6) is 0 Å². The fraction of sp³-hybridized carbons (Fsp3) is 0. The van der Waals surface area contributed by atoms with Crippen LogP contribution < -0.4 is 34.0 Å². The number of hydrogen-bond donors (Lipinski definition) is 4. The molecule has 0 aromatic rings. The van der Waals surface area contributed by atoms with E-state index in [0.29, 0.717) is 0 Å². The van der Waals surface area contributed by atoms with Crippen molar-refractivity contribution in [3.8, 4) is 0 Å². The minimum atomic E-state index is 0. The standard InChI is InChI=1S/2FH.4H3N.Zn/h2*1H;4*1H3;/q;;;;;;+2/p-2. The van der Waals surface area contributed by atoms with Gasteiger partial charge in [0.05, 0.1) is 0 Å². The first kappa shape index (κ1) is 2800. The van der Waals surface area contributed by atoms with Gasteiger partial charge < -0.3 is 34.0 Å². The largest absolute Gasteiger partial charge is 2.00 e. The molecule has 4 nitrogen and oxygen atoms in total. The Morgan fingerprint density at radius 3 is 0.429 bits per heavy atom. The maximum Gasteiger partial charge on any atom is 2.00 e. The zero-order chi connectivity index (χ0) is 0. The van der Waals surface area contributed by atoms with Gasteiger partial charge in [-0.1, -0.05) is 0 Å². The van der Waals surface area contributed by atoms with Gasteiger partial charge in [-0.05, 0) is 0 Å². The van der Waals surface area contributed by atoms with Crippen LogP contribution in [0.2, 0.25) is 0 Å². The van der Waals surface area contributed by atoms with Gasteiger partial charge in [0, 0.05) is 0 Å². The van der Waals surface area contributed by atoms with Crippen LogP contribution in [0.1, 0.15) is 0 Å². The normalized spacial score (nSPS) is 0. The fourth-order valence-electron chi connectivity index (χ4n) is 0. The zero-order valence-corrected chi connectivity index (χ0v) is 7.26. The maximum atomic E-state index is 0. The van der Waals surface area contributed by atoms with Crippen LogP contribution in [0, 0.1) is 0 Å².